The van der Waals surface area contributed by atoms with E-state index in [0.29, 0.717) is 19.1 Å². The molecule has 4 heteroatoms. The summed E-state index contributed by atoms with van der Waals surface area (Å²) < 4.78 is 5.60. The Morgan fingerprint density at radius 1 is 1.33 bits per heavy atom. The lowest BCUT2D eigenvalue weighted by molar-refractivity contribution is 0.0584. The first-order chi connectivity index (χ1) is 10.2. The zero-order chi connectivity index (χ0) is 15.1. The summed E-state index contributed by atoms with van der Waals surface area (Å²) in [6.45, 7) is 3.17. The first-order valence-electron chi connectivity index (χ1n) is 7.67. The van der Waals surface area contributed by atoms with Gasteiger partial charge >= 0.3 is 0 Å². The van der Waals surface area contributed by atoms with Crippen LogP contribution in [0.3, 0.4) is 0 Å². The molecule has 1 saturated carbocycles. The first kappa shape index (κ1) is 15.8. The summed E-state index contributed by atoms with van der Waals surface area (Å²) >= 11 is 0. The quantitative estimate of drug-likeness (QED) is 0.783. The molecule has 0 bridgehead atoms. The van der Waals surface area contributed by atoms with Gasteiger partial charge in [0.1, 0.15) is 18.5 Å². The number of benzene rings is 1. The zero-order valence-electron chi connectivity index (χ0n) is 12.7. The summed E-state index contributed by atoms with van der Waals surface area (Å²) in [7, 11) is 0. The van der Waals surface area contributed by atoms with Crippen LogP contribution in [0.25, 0.3) is 0 Å². The van der Waals surface area contributed by atoms with Crippen molar-refractivity contribution >= 4 is 0 Å². The molecule has 1 N–H and O–H groups in total. The molecule has 1 aliphatic carbocycles. The summed E-state index contributed by atoms with van der Waals surface area (Å²) in [5.41, 5.74) is 1.18. The average Bonchev–Trinajstić information content (AvgIpc) is 3.00. The molecule has 0 aliphatic heterocycles. The lowest BCUT2D eigenvalue weighted by atomic mass is 10.2. The van der Waals surface area contributed by atoms with Crippen molar-refractivity contribution in [2.45, 2.75) is 44.8 Å². The Balaban J connectivity index is 1.80. The van der Waals surface area contributed by atoms with Crippen molar-refractivity contribution < 1.29 is 9.84 Å². The van der Waals surface area contributed by atoms with E-state index in [1.165, 1.54) is 18.4 Å². The summed E-state index contributed by atoms with van der Waals surface area (Å²) in [6, 6.07) is 10.4. The number of ether oxygens (including phenoxy) is 1. The number of aliphatic hydroxyl groups excluding tert-OH is 1. The van der Waals surface area contributed by atoms with Crippen molar-refractivity contribution in [2.75, 3.05) is 19.7 Å². The number of hydrogen-bond donors (Lipinski definition) is 1. The molecule has 0 radical (unpaired) electrons. The van der Waals surface area contributed by atoms with Gasteiger partial charge in [-0.3, -0.25) is 4.90 Å². The molecule has 21 heavy (non-hydrogen) atoms. The van der Waals surface area contributed by atoms with Gasteiger partial charge in [0.05, 0.1) is 12.6 Å². The normalized spacial score (nSPS) is 16.9. The summed E-state index contributed by atoms with van der Waals surface area (Å²) in [5, 5.41) is 19.1. The molecule has 4 nitrogen and oxygen atoms in total. The Bertz CT molecular complexity index is 461. The van der Waals surface area contributed by atoms with Crippen LogP contribution in [0.4, 0.5) is 0 Å². The highest BCUT2D eigenvalue weighted by atomic mass is 16.5. The fraction of sp³-hybridized carbons (Fsp3) is 0.588. The van der Waals surface area contributed by atoms with E-state index in [2.05, 4.69) is 11.0 Å². The number of aryl methyl sites for hydroxylation is 1. The Hall–Kier alpha value is -1.57. The van der Waals surface area contributed by atoms with Gasteiger partial charge in [-0.2, -0.15) is 5.26 Å². The zero-order valence-corrected chi connectivity index (χ0v) is 12.7. The van der Waals surface area contributed by atoms with Gasteiger partial charge in [0, 0.05) is 12.6 Å². The molecule has 1 aromatic carbocycles. The van der Waals surface area contributed by atoms with E-state index in [1.54, 1.807) is 0 Å². The van der Waals surface area contributed by atoms with E-state index in [4.69, 9.17) is 10.00 Å². The molecule has 0 spiro atoms. The lowest BCUT2D eigenvalue weighted by Gasteiger charge is -2.28. The Labute approximate surface area is 127 Å². The molecular formula is C17H24N2O2. The molecule has 0 saturated heterocycles. The van der Waals surface area contributed by atoms with Gasteiger partial charge in [-0.05, 0) is 31.9 Å². The smallest absolute Gasteiger partial charge is 0.119 e. The predicted octanol–water partition coefficient (Wildman–Crippen LogP) is 2.50. The number of nitrogens with zero attached hydrogens (tertiary/aromatic N) is 2. The van der Waals surface area contributed by atoms with Crippen LogP contribution >= 0.6 is 0 Å². The molecule has 1 fully saturated rings. The maximum Gasteiger partial charge on any atom is 0.119 e. The second kappa shape index (κ2) is 8.02. The van der Waals surface area contributed by atoms with E-state index >= 15 is 0 Å². The molecule has 0 heterocycles. The first-order valence-corrected chi connectivity index (χ1v) is 7.67. The summed E-state index contributed by atoms with van der Waals surface area (Å²) in [5.74, 6) is 0.771. The molecule has 1 aromatic rings. The van der Waals surface area contributed by atoms with Gasteiger partial charge in [0.15, 0.2) is 0 Å². The van der Waals surface area contributed by atoms with E-state index in [1.807, 2.05) is 31.2 Å². The molecule has 0 aromatic heterocycles. The fourth-order valence-electron chi connectivity index (χ4n) is 2.85. The van der Waals surface area contributed by atoms with Crippen LogP contribution in [0, 0.1) is 18.3 Å². The van der Waals surface area contributed by atoms with E-state index < -0.39 is 6.10 Å². The van der Waals surface area contributed by atoms with E-state index in [-0.39, 0.29) is 6.61 Å². The minimum Gasteiger partial charge on any atom is -0.491 e. The third-order valence-corrected chi connectivity index (χ3v) is 4.02. The second-order valence-corrected chi connectivity index (χ2v) is 5.80. The van der Waals surface area contributed by atoms with Crippen molar-refractivity contribution in [2.24, 2.45) is 0 Å². The minimum atomic E-state index is -0.569. The topological polar surface area (TPSA) is 56.5 Å². The van der Waals surface area contributed by atoms with E-state index in [0.717, 1.165) is 18.6 Å². The standard InChI is InChI=1S/C17H24N2O2/c1-14-6-8-17(9-7-14)21-13-16(20)12-19(11-10-18)15-4-2-3-5-15/h6-9,15-16,20H,2-5,11-13H2,1H3. The van der Waals surface area contributed by atoms with Crippen LogP contribution in [0.2, 0.25) is 0 Å². The second-order valence-electron chi connectivity index (χ2n) is 5.80. The third-order valence-electron chi connectivity index (χ3n) is 4.02. The molecular weight excluding hydrogens is 264 g/mol. The molecule has 0 amide bonds. The Kier molecular flexibility index (Phi) is 6.04. The van der Waals surface area contributed by atoms with E-state index in [9.17, 15) is 5.11 Å². The summed E-state index contributed by atoms with van der Waals surface area (Å²) in [6.07, 6.45) is 4.14. The minimum absolute atomic E-state index is 0.262. The van der Waals surface area contributed by atoms with Crippen molar-refractivity contribution in [3.63, 3.8) is 0 Å². The van der Waals surface area contributed by atoms with Crippen LogP contribution in [-0.2, 0) is 0 Å². The van der Waals surface area contributed by atoms with Crippen LogP contribution in [0.5, 0.6) is 5.75 Å². The fourth-order valence-corrected chi connectivity index (χ4v) is 2.85. The van der Waals surface area contributed by atoms with Gasteiger partial charge < -0.3 is 9.84 Å². The van der Waals surface area contributed by atoms with Crippen LogP contribution in [0.15, 0.2) is 24.3 Å². The molecule has 114 valence electrons. The highest BCUT2D eigenvalue weighted by molar-refractivity contribution is 5.26. The van der Waals surface area contributed by atoms with Crippen molar-refractivity contribution in [1.82, 2.24) is 4.90 Å². The number of rotatable bonds is 7. The monoisotopic (exact) mass is 288 g/mol. The Morgan fingerprint density at radius 2 is 2.00 bits per heavy atom. The maximum absolute atomic E-state index is 10.1. The maximum atomic E-state index is 10.1. The van der Waals surface area contributed by atoms with Gasteiger partial charge in [-0.15, -0.1) is 0 Å². The van der Waals surface area contributed by atoms with Crippen molar-refractivity contribution in [3.05, 3.63) is 29.8 Å². The SMILES string of the molecule is Cc1ccc(OCC(O)CN(CC#N)C2CCCC2)cc1. The summed E-state index contributed by atoms with van der Waals surface area (Å²) in [4.78, 5) is 2.09. The van der Waals surface area contributed by atoms with Crippen LogP contribution in [-0.4, -0.2) is 41.8 Å². The molecule has 1 atom stereocenters. The molecule has 2 rings (SSSR count). The van der Waals surface area contributed by atoms with Crippen molar-refractivity contribution in [3.8, 4) is 11.8 Å². The van der Waals surface area contributed by atoms with Crippen LogP contribution in [0.1, 0.15) is 31.2 Å². The predicted molar refractivity (Wildman–Crippen MR) is 82.1 cm³/mol. The van der Waals surface area contributed by atoms with Crippen LogP contribution < -0.4 is 4.74 Å². The largest absolute Gasteiger partial charge is 0.491 e. The van der Waals surface area contributed by atoms with Crippen molar-refractivity contribution in [1.29, 1.82) is 5.26 Å². The Morgan fingerprint density at radius 3 is 2.62 bits per heavy atom. The highest BCUT2D eigenvalue weighted by Crippen LogP contribution is 2.23. The molecule has 1 unspecified atom stereocenters. The number of hydrogen-bond acceptors (Lipinski definition) is 4. The number of nitriles is 1. The van der Waals surface area contributed by atoms with Gasteiger partial charge in [0.25, 0.3) is 0 Å². The average molecular weight is 288 g/mol. The third kappa shape index (κ3) is 5.04. The number of aliphatic hydroxyl groups is 1. The van der Waals surface area contributed by atoms with Gasteiger partial charge in [-0.1, -0.05) is 30.5 Å². The highest BCUT2D eigenvalue weighted by Gasteiger charge is 2.24. The lowest BCUT2D eigenvalue weighted by Crippen LogP contribution is -2.41. The molecule has 1 aliphatic rings. The van der Waals surface area contributed by atoms with Gasteiger partial charge in [-0.25, -0.2) is 0 Å². The van der Waals surface area contributed by atoms with Gasteiger partial charge in [0.2, 0.25) is 0 Å².